The number of hydrogen-bond donors (Lipinski definition) is 1. The summed E-state index contributed by atoms with van der Waals surface area (Å²) in [5, 5.41) is 11.4. The Balaban J connectivity index is 1.84. The van der Waals surface area contributed by atoms with Gasteiger partial charge in [0.15, 0.2) is 0 Å². The number of ether oxygens (including phenoxy) is 1. The van der Waals surface area contributed by atoms with Gasteiger partial charge in [-0.25, -0.2) is 0 Å². The number of carbonyl (C=O) groups is 1. The van der Waals surface area contributed by atoms with E-state index in [0.29, 0.717) is 18.9 Å². The van der Waals surface area contributed by atoms with Gasteiger partial charge in [0.25, 0.3) is 0 Å². The highest BCUT2D eigenvalue weighted by Gasteiger charge is 2.45. The summed E-state index contributed by atoms with van der Waals surface area (Å²) in [6.07, 6.45) is 3.47. The normalized spacial score (nSPS) is 17.1. The maximum atomic E-state index is 13.3. The number of aromatic nitrogens is 1. The van der Waals surface area contributed by atoms with Crippen LogP contribution in [-0.4, -0.2) is 60.5 Å². The van der Waals surface area contributed by atoms with E-state index in [4.69, 9.17) is 4.74 Å². The van der Waals surface area contributed by atoms with Gasteiger partial charge in [0, 0.05) is 59.0 Å². The van der Waals surface area contributed by atoms with Gasteiger partial charge in [-0.2, -0.15) is 0 Å². The summed E-state index contributed by atoms with van der Waals surface area (Å²) in [5.41, 5.74) is 4.13. The number of aromatic hydroxyl groups is 1. The molecule has 0 amide bonds. The molecule has 1 N–H and O–H groups in total. The van der Waals surface area contributed by atoms with E-state index < -0.39 is 5.92 Å². The first kappa shape index (κ1) is 24.1. The molecule has 0 radical (unpaired) electrons. The molecular formula is C27H31N3O3S. The third kappa shape index (κ3) is 4.76. The Bertz CT molecular complexity index is 1140. The summed E-state index contributed by atoms with van der Waals surface area (Å²) < 4.78 is 5.55. The molecule has 1 aromatic heterocycles. The quantitative estimate of drug-likeness (QED) is 0.370. The van der Waals surface area contributed by atoms with Crippen molar-refractivity contribution in [3.8, 4) is 16.9 Å². The van der Waals surface area contributed by atoms with Crippen molar-refractivity contribution in [1.29, 1.82) is 0 Å². The van der Waals surface area contributed by atoms with Crippen LogP contribution in [0.15, 0.2) is 65.8 Å². The maximum Gasteiger partial charge on any atom is 0.315 e. The van der Waals surface area contributed by atoms with Crippen LogP contribution in [0.1, 0.15) is 24.0 Å². The molecule has 0 aliphatic carbocycles. The number of pyridine rings is 1. The molecular weight excluding hydrogens is 446 g/mol. The summed E-state index contributed by atoms with van der Waals surface area (Å²) in [7, 11) is 5.95. The molecule has 0 bridgehead atoms. The number of fused-ring (bicyclic) bond motifs is 1. The Labute approximate surface area is 205 Å². The van der Waals surface area contributed by atoms with Gasteiger partial charge in [-0.15, -0.1) is 11.8 Å². The fraction of sp³-hybridized carbons (Fsp3) is 0.333. The third-order valence-corrected chi connectivity index (χ3v) is 7.26. The summed E-state index contributed by atoms with van der Waals surface area (Å²) in [5.74, 6) is 0.169. The molecule has 2 aromatic carbocycles. The SMILES string of the molecule is CCOC(=O)C1c2c(cc(-c3cccnc3)c(O)c2CN(C)C)N(C)C1CSc1ccccc1. The van der Waals surface area contributed by atoms with E-state index in [9.17, 15) is 9.90 Å². The molecule has 1 aliphatic rings. The molecule has 1 aliphatic heterocycles. The van der Waals surface area contributed by atoms with Crippen LogP contribution in [0.5, 0.6) is 5.75 Å². The first-order valence-corrected chi connectivity index (χ1v) is 12.4. The Hall–Kier alpha value is -3.03. The van der Waals surface area contributed by atoms with Gasteiger partial charge in [-0.05, 0) is 50.8 Å². The number of thioether (sulfide) groups is 1. The number of esters is 1. The average molecular weight is 478 g/mol. The van der Waals surface area contributed by atoms with Crippen LogP contribution < -0.4 is 4.90 Å². The fourth-order valence-corrected chi connectivity index (χ4v) is 5.72. The second-order valence-corrected chi connectivity index (χ2v) is 9.79. The number of phenolic OH excluding ortho intramolecular Hbond substituents is 1. The van der Waals surface area contributed by atoms with E-state index in [1.807, 2.05) is 69.4 Å². The van der Waals surface area contributed by atoms with Crippen molar-refractivity contribution in [3.63, 3.8) is 0 Å². The topological polar surface area (TPSA) is 65.9 Å². The molecule has 2 atom stereocenters. The van der Waals surface area contributed by atoms with Crippen LogP contribution in [0, 0.1) is 0 Å². The molecule has 0 spiro atoms. The fourth-order valence-electron chi connectivity index (χ4n) is 4.59. The van der Waals surface area contributed by atoms with Crippen molar-refractivity contribution in [2.45, 2.75) is 30.3 Å². The van der Waals surface area contributed by atoms with Crippen molar-refractivity contribution in [1.82, 2.24) is 9.88 Å². The highest BCUT2D eigenvalue weighted by atomic mass is 32.2. The highest BCUT2D eigenvalue weighted by molar-refractivity contribution is 7.99. The van der Waals surface area contributed by atoms with Crippen LogP contribution in [0.4, 0.5) is 5.69 Å². The van der Waals surface area contributed by atoms with Crippen LogP contribution >= 0.6 is 11.8 Å². The first-order chi connectivity index (χ1) is 16.4. The second-order valence-electron chi connectivity index (χ2n) is 8.70. The predicted molar refractivity (Wildman–Crippen MR) is 137 cm³/mol. The van der Waals surface area contributed by atoms with Crippen molar-refractivity contribution in [3.05, 3.63) is 72.1 Å². The molecule has 7 heteroatoms. The van der Waals surface area contributed by atoms with E-state index in [1.165, 1.54) is 0 Å². The number of benzene rings is 2. The molecule has 3 aromatic rings. The summed E-state index contributed by atoms with van der Waals surface area (Å²) in [6, 6.07) is 15.9. The second kappa shape index (κ2) is 10.5. The van der Waals surface area contributed by atoms with Gasteiger partial charge in [0.1, 0.15) is 11.7 Å². The van der Waals surface area contributed by atoms with E-state index in [1.54, 1.807) is 24.2 Å². The molecule has 6 nitrogen and oxygen atoms in total. The van der Waals surface area contributed by atoms with Crippen LogP contribution in [0.2, 0.25) is 0 Å². The lowest BCUT2D eigenvalue weighted by Crippen LogP contribution is -2.37. The number of hydrogen-bond acceptors (Lipinski definition) is 7. The number of anilines is 1. The monoisotopic (exact) mass is 477 g/mol. The Morgan fingerprint density at radius 3 is 2.62 bits per heavy atom. The molecule has 2 unspecified atom stereocenters. The third-order valence-electron chi connectivity index (χ3n) is 6.15. The minimum Gasteiger partial charge on any atom is -0.507 e. The zero-order valence-electron chi connectivity index (χ0n) is 20.1. The highest BCUT2D eigenvalue weighted by Crippen LogP contribution is 2.50. The van der Waals surface area contributed by atoms with E-state index in [-0.39, 0.29) is 17.8 Å². The minimum atomic E-state index is -0.486. The minimum absolute atomic E-state index is 0.108. The molecule has 0 fully saturated rings. The van der Waals surface area contributed by atoms with Gasteiger partial charge in [0.2, 0.25) is 0 Å². The summed E-state index contributed by atoms with van der Waals surface area (Å²) >= 11 is 1.72. The van der Waals surface area contributed by atoms with Crippen molar-refractivity contribution < 1.29 is 14.6 Å². The van der Waals surface area contributed by atoms with Crippen molar-refractivity contribution in [2.24, 2.45) is 0 Å². The van der Waals surface area contributed by atoms with Crippen LogP contribution in [0.25, 0.3) is 11.1 Å². The number of likely N-dealkylation sites (N-methyl/N-ethyl adjacent to an activating group) is 1. The maximum absolute atomic E-state index is 13.3. The molecule has 178 valence electrons. The number of carbonyl (C=O) groups excluding carboxylic acids is 1. The van der Waals surface area contributed by atoms with Gasteiger partial charge in [-0.1, -0.05) is 24.3 Å². The number of rotatable bonds is 8. The van der Waals surface area contributed by atoms with Crippen molar-refractivity contribution in [2.75, 3.05) is 38.4 Å². The van der Waals surface area contributed by atoms with E-state index in [0.717, 1.165) is 32.8 Å². The number of nitrogens with zero attached hydrogens (tertiary/aromatic N) is 3. The van der Waals surface area contributed by atoms with Gasteiger partial charge < -0.3 is 19.6 Å². The lowest BCUT2D eigenvalue weighted by atomic mass is 9.88. The molecule has 0 saturated carbocycles. The average Bonchev–Trinajstić information content (AvgIpc) is 3.12. The Morgan fingerprint density at radius 1 is 1.21 bits per heavy atom. The zero-order chi connectivity index (χ0) is 24.2. The van der Waals surface area contributed by atoms with E-state index >= 15 is 0 Å². The van der Waals surface area contributed by atoms with Crippen LogP contribution in [-0.2, 0) is 16.1 Å². The molecule has 4 rings (SSSR count). The largest absolute Gasteiger partial charge is 0.507 e. The summed E-state index contributed by atoms with van der Waals surface area (Å²) in [4.78, 5) is 22.9. The predicted octanol–water partition coefficient (Wildman–Crippen LogP) is 4.77. The van der Waals surface area contributed by atoms with Crippen molar-refractivity contribution >= 4 is 23.4 Å². The zero-order valence-corrected chi connectivity index (χ0v) is 20.9. The Kier molecular flexibility index (Phi) is 7.44. The van der Waals surface area contributed by atoms with Gasteiger partial charge in [-0.3, -0.25) is 9.78 Å². The van der Waals surface area contributed by atoms with E-state index in [2.05, 4.69) is 22.0 Å². The lowest BCUT2D eigenvalue weighted by molar-refractivity contribution is -0.145. The molecule has 34 heavy (non-hydrogen) atoms. The van der Waals surface area contributed by atoms with Gasteiger partial charge in [0.05, 0.1) is 12.6 Å². The number of phenols is 1. The molecule has 0 saturated heterocycles. The Morgan fingerprint density at radius 2 is 1.97 bits per heavy atom. The standard InChI is InChI=1S/C27H31N3O3S/c1-5-33-27(32)25-23(17-34-19-11-7-6-8-12-19)30(4)22-14-20(18-10-9-13-28-15-18)26(31)21(24(22)25)16-29(2)3/h6-15,23,25,31H,5,16-17H2,1-4H3. The first-order valence-electron chi connectivity index (χ1n) is 11.4. The summed E-state index contributed by atoms with van der Waals surface area (Å²) in [6.45, 7) is 2.65. The smallest absolute Gasteiger partial charge is 0.315 e. The molecule has 2 heterocycles. The van der Waals surface area contributed by atoms with Gasteiger partial charge >= 0.3 is 5.97 Å². The lowest BCUT2D eigenvalue weighted by Gasteiger charge is -2.26. The van der Waals surface area contributed by atoms with Crippen LogP contribution in [0.3, 0.4) is 0 Å².